The predicted octanol–water partition coefficient (Wildman–Crippen LogP) is 2.57. The number of carboxylic acids is 1. The van der Waals surface area contributed by atoms with Crippen molar-refractivity contribution in [3.8, 4) is 0 Å². The molecule has 1 amide bonds. The summed E-state index contributed by atoms with van der Waals surface area (Å²) in [5.41, 5.74) is 2.52. The highest BCUT2D eigenvalue weighted by molar-refractivity contribution is 7.10. The van der Waals surface area contributed by atoms with Crippen molar-refractivity contribution in [3.63, 3.8) is 0 Å². The van der Waals surface area contributed by atoms with Crippen LogP contribution < -0.4 is 0 Å². The Hall–Kier alpha value is -2.15. The van der Waals surface area contributed by atoms with E-state index >= 15 is 0 Å². The van der Waals surface area contributed by atoms with Crippen LogP contribution >= 0.6 is 11.3 Å². The summed E-state index contributed by atoms with van der Waals surface area (Å²) < 4.78 is 1.91. The molecule has 7 heteroatoms. The molecule has 0 aliphatic carbocycles. The number of hydrogen-bond donors (Lipinski definition) is 1. The zero-order chi connectivity index (χ0) is 17.1. The molecule has 3 rings (SSSR count). The molecule has 0 saturated carbocycles. The van der Waals surface area contributed by atoms with Gasteiger partial charge in [0.15, 0.2) is 0 Å². The highest BCUT2D eigenvalue weighted by Crippen LogP contribution is 2.20. The standard InChI is InChI=1S/C17H21N3O3S/c1-2-15-8-12(11-24-15)17(23)19-6-3-7-20-14(10-19)9-13(18-20)4-5-16(21)22/h8-9,11H,2-7,10H2,1H3,(H,21,22). The molecule has 128 valence electrons. The smallest absolute Gasteiger partial charge is 0.303 e. The number of nitrogens with zero attached hydrogens (tertiary/aromatic N) is 3. The molecule has 0 unspecified atom stereocenters. The summed E-state index contributed by atoms with van der Waals surface area (Å²) in [6.07, 6.45) is 2.29. The molecule has 2 aromatic heterocycles. The number of thiophene rings is 1. The molecule has 2 aromatic rings. The summed E-state index contributed by atoms with van der Waals surface area (Å²) in [4.78, 5) is 26.5. The van der Waals surface area contributed by atoms with E-state index in [1.54, 1.807) is 11.3 Å². The van der Waals surface area contributed by atoms with Gasteiger partial charge in [-0.3, -0.25) is 14.3 Å². The van der Waals surface area contributed by atoms with Gasteiger partial charge in [0.2, 0.25) is 0 Å². The number of aryl methyl sites for hydroxylation is 3. The van der Waals surface area contributed by atoms with E-state index in [9.17, 15) is 9.59 Å². The quantitative estimate of drug-likeness (QED) is 0.902. The summed E-state index contributed by atoms with van der Waals surface area (Å²) in [5.74, 6) is -0.758. The first-order chi connectivity index (χ1) is 11.6. The van der Waals surface area contributed by atoms with Crippen LogP contribution in [0.15, 0.2) is 17.5 Å². The average molecular weight is 347 g/mol. The first-order valence-corrected chi connectivity index (χ1v) is 9.09. The van der Waals surface area contributed by atoms with E-state index in [1.165, 1.54) is 4.88 Å². The number of amides is 1. The van der Waals surface area contributed by atoms with Crippen LogP contribution in [0, 0.1) is 0 Å². The van der Waals surface area contributed by atoms with Gasteiger partial charge in [-0.2, -0.15) is 5.10 Å². The van der Waals surface area contributed by atoms with E-state index in [0.29, 0.717) is 19.5 Å². The summed E-state index contributed by atoms with van der Waals surface area (Å²) >= 11 is 1.63. The Morgan fingerprint density at radius 1 is 1.33 bits per heavy atom. The molecular formula is C17H21N3O3S. The molecule has 0 aromatic carbocycles. The van der Waals surface area contributed by atoms with Crippen molar-refractivity contribution in [2.24, 2.45) is 0 Å². The lowest BCUT2D eigenvalue weighted by atomic mass is 10.2. The molecule has 0 saturated heterocycles. The van der Waals surface area contributed by atoms with Crippen LogP contribution in [0.4, 0.5) is 0 Å². The van der Waals surface area contributed by atoms with Gasteiger partial charge in [-0.15, -0.1) is 11.3 Å². The number of carbonyl (C=O) groups is 2. The number of carbonyl (C=O) groups excluding carboxylic acids is 1. The van der Waals surface area contributed by atoms with Gasteiger partial charge >= 0.3 is 5.97 Å². The molecule has 3 heterocycles. The van der Waals surface area contributed by atoms with Crippen molar-refractivity contribution >= 4 is 23.2 Å². The first kappa shape index (κ1) is 16.7. The summed E-state index contributed by atoms with van der Waals surface area (Å²) in [6.45, 7) is 4.08. The Morgan fingerprint density at radius 3 is 2.88 bits per heavy atom. The first-order valence-electron chi connectivity index (χ1n) is 8.21. The second-order valence-corrected chi connectivity index (χ2v) is 6.98. The van der Waals surface area contributed by atoms with E-state index in [-0.39, 0.29) is 12.3 Å². The van der Waals surface area contributed by atoms with Crippen LogP contribution in [0.25, 0.3) is 0 Å². The Labute approximate surface area is 144 Å². The number of carboxylic acid groups (broad SMARTS) is 1. The minimum absolute atomic E-state index is 0.0627. The zero-order valence-corrected chi connectivity index (χ0v) is 14.5. The fourth-order valence-corrected chi connectivity index (χ4v) is 3.72. The van der Waals surface area contributed by atoms with Crippen LogP contribution in [0.3, 0.4) is 0 Å². The molecule has 0 atom stereocenters. The number of fused-ring (bicyclic) bond motifs is 1. The van der Waals surface area contributed by atoms with Gasteiger partial charge in [0, 0.05) is 29.8 Å². The van der Waals surface area contributed by atoms with E-state index in [1.807, 2.05) is 27.1 Å². The fraction of sp³-hybridized carbons (Fsp3) is 0.471. The van der Waals surface area contributed by atoms with Gasteiger partial charge in [-0.25, -0.2) is 0 Å². The Morgan fingerprint density at radius 2 is 2.17 bits per heavy atom. The molecule has 24 heavy (non-hydrogen) atoms. The Kier molecular flexibility index (Phi) is 4.99. The molecule has 0 bridgehead atoms. The number of aromatic nitrogens is 2. The summed E-state index contributed by atoms with van der Waals surface area (Å²) in [7, 11) is 0. The minimum atomic E-state index is -0.820. The second-order valence-electron chi connectivity index (χ2n) is 5.98. The number of rotatable bonds is 5. The average Bonchev–Trinajstić information content (AvgIpc) is 3.14. The third-order valence-electron chi connectivity index (χ3n) is 4.20. The van der Waals surface area contributed by atoms with Crippen molar-refractivity contribution in [2.75, 3.05) is 6.54 Å². The van der Waals surface area contributed by atoms with Gasteiger partial charge in [-0.1, -0.05) is 6.92 Å². The van der Waals surface area contributed by atoms with Crippen LogP contribution in [-0.4, -0.2) is 38.2 Å². The lowest BCUT2D eigenvalue weighted by Gasteiger charge is -2.19. The van der Waals surface area contributed by atoms with Gasteiger partial charge < -0.3 is 10.0 Å². The van der Waals surface area contributed by atoms with Gasteiger partial charge in [0.1, 0.15) is 0 Å². The zero-order valence-electron chi connectivity index (χ0n) is 13.7. The van der Waals surface area contributed by atoms with E-state index in [2.05, 4.69) is 12.0 Å². The molecule has 1 aliphatic heterocycles. The number of aliphatic carboxylic acids is 1. The Bertz CT molecular complexity index is 750. The van der Waals surface area contributed by atoms with Gasteiger partial charge in [0.05, 0.1) is 29.9 Å². The van der Waals surface area contributed by atoms with Crippen molar-refractivity contribution in [1.29, 1.82) is 0 Å². The van der Waals surface area contributed by atoms with Gasteiger partial charge in [-0.05, 0) is 25.0 Å². The number of hydrogen-bond acceptors (Lipinski definition) is 4. The second kappa shape index (κ2) is 7.17. The van der Waals surface area contributed by atoms with Crippen molar-refractivity contribution < 1.29 is 14.7 Å². The molecular weight excluding hydrogens is 326 g/mol. The predicted molar refractivity (Wildman–Crippen MR) is 91.2 cm³/mol. The van der Waals surface area contributed by atoms with E-state index < -0.39 is 5.97 Å². The van der Waals surface area contributed by atoms with Crippen molar-refractivity contribution in [1.82, 2.24) is 14.7 Å². The van der Waals surface area contributed by atoms with Crippen LogP contribution in [0.2, 0.25) is 0 Å². The molecule has 1 N–H and O–H groups in total. The van der Waals surface area contributed by atoms with Crippen LogP contribution in [0.5, 0.6) is 0 Å². The van der Waals surface area contributed by atoms with Crippen LogP contribution in [-0.2, 0) is 30.7 Å². The molecule has 6 nitrogen and oxygen atoms in total. The van der Waals surface area contributed by atoms with E-state index in [0.717, 1.165) is 36.3 Å². The molecule has 0 spiro atoms. The highest BCUT2D eigenvalue weighted by atomic mass is 32.1. The third kappa shape index (κ3) is 3.67. The lowest BCUT2D eigenvalue weighted by Crippen LogP contribution is -2.30. The summed E-state index contributed by atoms with van der Waals surface area (Å²) in [5, 5.41) is 15.2. The van der Waals surface area contributed by atoms with E-state index in [4.69, 9.17) is 5.11 Å². The maximum absolute atomic E-state index is 12.7. The topological polar surface area (TPSA) is 75.4 Å². The van der Waals surface area contributed by atoms with Crippen molar-refractivity contribution in [2.45, 2.75) is 45.7 Å². The van der Waals surface area contributed by atoms with Crippen LogP contribution in [0.1, 0.15) is 46.4 Å². The highest BCUT2D eigenvalue weighted by Gasteiger charge is 2.22. The van der Waals surface area contributed by atoms with Crippen molar-refractivity contribution in [3.05, 3.63) is 39.3 Å². The van der Waals surface area contributed by atoms with Gasteiger partial charge in [0.25, 0.3) is 5.91 Å². The maximum Gasteiger partial charge on any atom is 0.303 e. The summed E-state index contributed by atoms with van der Waals surface area (Å²) in [6, 6.07) is 3.91. The molecule has 1 aliphatic rings. The normalized spacial score (nSPS) is 14.3. The largest absolute Gasteiger partial charge is 0.481 e. The fourth-order valence-electron chi connectivity index (χ4n) is 2.91. The SMILES string of the molecule is CCc1cc(C(=O)N2CCCn3nc(CCC(=O)O)cc3C2)cs1. The maximum atomic E-state index is 12.7. The molecule has 0 radical (unpaired) electrons. The Balaban J connectivity index is 1.73. The minimum Gasteiger partial charge on any atom is -0.481 e. The third-order valence-corrected chi connectivity index (χ3v) is 5.28. The monoisotopic (exact) mass is 347 g/mol. The molecule has 0 fully saturated rings. The lowest BCUT2D eigenvalue weighted by molar-refractivity contribution is -0.136.